The summed E-state index contributed by atoms with van der Waals surface area (Å²) in [6.45, 7) is 2.64. The SMILES string of the molecule is CN=C(NCCCCCOC)NCCc1ccc(OC)cc1.I. The first-order valence-corrected chi connectivity index (χ1v) is 7.86. The molecule has 0 saturated carbocycles. The molecule has 2 N–H and O–H groups in total. The molecule has 5 nitrogen and oxygen atoms in total. The van der Waals surface area contributed by atoms with Gasteiger partial charge in [-0.05, 0) is 43.4 Å². The number of halogens is 1. The van der Waals surface area contributed by atoms with Gasteiger partial charge in [-0.3, -0.25) is 4.99 Å². The van der Waals surface area contributed by atoms with Gasteiger partial charge in [-0.15, -0.1) is 24.0 Å². The Labute approximate surface area is 157 Å². The average Bonchev–Trinajstić information content (AvgIpc) is 2.57. The van der Waals surface area contributed by atoms with Crippen LogP contribution in [0.1, 0.15) is 24.8 Å². The van der Waals surface area contributed by atoms with E-state index >= 15 is 0 Å². The number of ether oxygens (including phenoxy) is 2. The van der Waals surface area contributed by atoms with Crippen LogP contribution in [0.3, 0.4) is 0 Å². The number of hydrogen-bond acceptors (Lipinski definition) is 3. The number of rotatable bonds is 10. The van der Waals surface area contributed by atoms with Crippen LogP contribution in [0.25, 0.3) is 0 Å². The molecule has 0 spiro atoms. The Balaban J connectivity index is 0.00000484. The van der Waals surface area contributed by atoms with Crippen molar-refractivity contribution in [2.75, 3.05) is 41.0 Å². The van der Waals surface area contributed by atoms with Gasteiger partial charge in [0.2, 0.25) is 0 Å². The molecule has 0 saturated heterocycles. The van der Waals surface area contributed by atoms with Crippen molar-refractivity contribution in [3.8, 4) is 5.75 Å². The molecule has 0 radical (unpaired) electrons. The number of benzene rings is 1. The lowest BCUT2D eigenvalue weighted by Crippen LogP contribution is -2.38. The Kier molecular flexibility index (Phi) is 13.9. The predicted molar refractivity (Wildman–Crippen MR) is 107 cm³/mol. The molecule has 0 heterocycles. The van der Waals surface area contributed by atoms with Crippen LogP contribution in [0, 0.1) is 0 Å². The van der Waals surface area contributed by atoms with Crippen molar-refractivity contribution in [1.29, 1.82) is 0 Å². The van der Waals surface area contributed by atoms with Crippen LogP contribution < -0.4 is 15.4 Å². The molecule has 0 aliphatic carbocycles. The normalized spacial score (nSPS) is 10.8. The molecule has 0 aliphatic rings. The summed E-state index contributed by atoms with van der Waals surface area (Å²) in [6.07, 6.45) is 4.37. The van der Waals surface area contributed by atoms with Gasteiger partial charge in [0, 0.05) is 33.9 Å². The van der Waals surface area contributed by atoms with E-state index in [1.54, 1.807) is 21.3 Å². The summed E-state index contributed by atoms with van der Waals surface area (Å²) in [5.41, 5.74) is 1.28. The van der Waals surface area contributed by atoms with E-state index in [0.29, 0.717) is 0 Å². The Morgan fingerprint density at radius 1 is 1.00 bits per heavy atom. The highest BCUT2D eigenvalue weighted by Gasteiger charge is 1.98. The molecule has 6 heteroatoms. The first kappa shape index (κ1) is 22.0. The molecule has 23 heavy (non-hydrogen) atoms. The highest BCUT2D eigenvalue weighted by molar-refractivity contribution is 14.0. The van der Waals surface area contributed by atoms with Gasteiger partial charge in [-0.25, -0.2) is 0 Å². The zero-order valence-corrected chi connectivity index (χ0v) is 16.8. The van der Waals surface area contributed by atoms with E-state index in [1.807, 2.05) is 12.1 Å². The summed E-state index contributed by atoms with van der Waals surface area (Å²) in [7, 11) is 5.22. The van der Waals surface area contributed by atoms with E-state index < -0.39 is 0 Å². The minimum atomic E-state index is 0. The molecule has 0 bridgehead atoms. The first-order valence-electron chi connectivity index (χ1n) is 7.86. The zero-order valence-electron chi connectivity index (χ0n) is 14.4. The lowest BCUT2D eigenvalue weighted by molar-refractivity contribution is 0.192. The summed E-state index contributed by atoms with van der Waals surface area (Å²) < 4.78 is 10.2. The van der Waals surface area contributed by atoms with Crippen molar-refractivity contribution in [3.63, 3.8) is 0 Å². The van der Waals surface area contributed by atoms with Gasteiger partial charge in [-0.2, -0.15) is 0 Å². The van der Waals surface area contributed by atoms with E-state index in [0.717, 1.165) is 50.7 Å². The van der Waals surface area contributed by atoms with Gasteiger partial charge in [0.15, 0.2) is 5.96 Å². The lowest BCUT2D eigenvalue weighted by Gasteiger charge is -2.12. The molecule has 0 atom stereocenters. The molecule has 0 aromatic heterocycles. The van der Waals surface area contributed by atoms with E-state index in [9.17, 15) is 0 Å². The smallest absolute Gasteiger partial charge is 0.190 e. The molecule has 0 unspecified atom stereocenters. The fraction of sp³-hybridized carbons (Fsp3) is 0.588. The highest BCUT2D eigenvalue weighted by Crippen LogP contribution is 2.11. The van der Waals surface area contributed by atoms with Gasteiger partial charge in [0.25, 0.3) is 0 Å². The van der Waals surface area contributed by atoms with Crippen LogP contribution in [0.2, 0.25) is 0 Å². The standard InChI is InChI=1S/C17H29N3O2.HI/c1-18-17(19-12-5-4-6-14-21-2)20-13-11-15-7-9-16(22-3)10-8-15;/h7-10H,4-6,11-14H2,1-3H3,(H2,18,19,20);1H. The Morgan fingerprint density at radius 2 is 1.70 bits per heavy atom. The number of nitrogens with one attached hydrogen (secondary N) is 2. The number of hydrogen-bond donors (Lipinski definition) is 2. The van der Waals surface area contributed by atoms with Crippen LogP contribution in [0.15, 0.2) is 29.3 Å². The summed E-state index contributed by atoms with van der Waals surface area (Å²) in [6, 6.07) is 8.16. The molecule has 1 rings (SSSR count). The number of methoxy groups -OCH3 is 2. The largest absolute Gasteiger partial charge is 0.497 e. The van der Waals surface area contributed by atoms with Gasteiger partial charge in [0.05, 0.1) is 7.11 Å². The third-order valence-corrected chi connectivity index (χ3v) is 3.41. The fourth-order valence-corrected chi connectivity index (χ4v) is 2.09. The highest BCUT2D eigenvalue weighted by atomic mass is 127. The van der Waals surface area contributed by atoms with Gasteiger partial charge >= 0.3 is 0 Å². The molecule has 1 aromatic carbocycles. The minimum Gasteiger partial charge on any atom is -0.497 e. The summed E-state index contributed by atoms with van der Waals surface area (Å²) in [5.74, 6) is 1.75. The third kappa shape index (κ3) is 10.4. The van der Waals surface area contributed by atoms with Crippen LogP contribution in [0.4, 0.5) is 0 Å². The third-order valence-electron chi connectivity index (χ3n) is 3.41. The maximum atomic E-state index is 5.16. The molecule has 0 amide bonds. The zero-order chi connectivity index (χ0) is 16.0. The number of nitrogens with zero attached hydrogens (tertiary/aromatic N) is 1. The molecular weight excluding hydrogens is 405 g/mol. The van der Waals surface area contributed by atoms with Crippen molar-refractivity contribution >= 4 is 29.9 Å². The van der Waals surface area contributed by atoms with Crippen LogP contribution in [0.5, 0.6) is 5.75 Å². The predicted octanol–water partition coefficient (Wildman–Crippen LogP) is 2.84. The van der Waals surface area contributed by atoms with Crippen molar-refractivity contribution < 1.29 is 9.47 Å². The molecular formula is C17H30IN3O2. The molecule has 0 fully saturated rings. The van der Waals surface area contributed by atoms with Crippen LogP contribution >= 0.6 is 24.0 Å². The van der Waals surface area contributed by atoms with E-state index in [1.165, 1.54) is 12.0 Å². The quantitative estimate of drug-likeness (QED) is 0.257. The fourth-order valence-electron chi connectivity index (χ4n) is 2.09. The second-order valence-corrected chi connectivity index (χ2v) is 5.08. The maximum absolute atomic E-state index is 5.16. The molecule has 0 aliphatic heterocycles. The van der Waals surface area contributed by atoms with Crippen molar-refractivity contribution in [2.45, 2.75) is 25.7 Å². The van der Waals surface area contributed by atoms with E-state index in [-0.39, 0.29) is 24.0 Å². The number of aliphatic imine (C=N–C) groups is 1. The summed E-state index contributed by atoms with van der Waals surface area (Å²) in [4.78, 5) is 4.23. The minimum absolute atomic E-state index is 0. The van der Waals surface area contributed by atoms with Crippen molar-refractivity contribution in [3.05, 3.63) is 29.8 Å². The van der Waals surface area contributed by atoms with Crippen molar-refractivity contribution in [2.24, 2.45) is 4.99 Å². The summed E-state index contributed by atoms with van der Waals surface area (Å²) in [5, 5.41) is 6.66. The van der Waals surface area contributed by atoms with Gasteiger partial charge < -0.3 is 20.1 Å². The second-order valence-electron chi connectivity index (χ2n) is 5.08. The number of guanidine groups is 1. The summed E-state index contributed by atoms with van der Waals surface area (Å²) >= 11 is 0. The monoisotopic (exact) mass is 435 g/mol. The van der Waals surface area contributed by atoms with Gasteiger partial charge in [-0.1, -0.05) is 12.1 Å². The Morgan fingerprint density at radius 3 is 2.30 bits per heavy atom. The maximum Gasteiger partial charge on any atom is 0.190 e. The van der Waals surface area contributed by atoms with E-state index in [2.05, 4.69) is 27.8 Å². The lowest BCUT2D eigenvalue weighted by atomic mass is 10.1. The average molecular weight is 435 g/mol. The second kappa shape index (κ2) is 14.6. The Hall–Kier alpha value is -1.02. The number of unbranched alkanes of at least 4 members (excludes halogenated alkanes) is 2. The van der Waals surface area contributed by atoms with Crippen LogP contribution in [-0.4, -0.2) is 46.9 Å². The topological polar surface area (TPSA) is 54.9 Å². The first-order chi connectivity index (χ1) is 10.8. The molecule has 132 valence electrons. The van der Waals surface area contributed by atoms with E-state index in [4.69, 9.17) is 9.47 Å². The Bertz CT molecular complexity index is 424. The van der Waals surface area contributed by atoms with Crippen LogP contribution in [-0.2, 0) is 11.2 Å². The van der Waals surface area contributed by atoms with Gasteiger partial charge in [0.1, 0.15) is 5.75 Å². The molecule has 1 aromatic rings. The van der Waals surface area contributed by atoms with Crippen molar-refractivity contribution in [1.82, 2.24) is 10.6 Å².